The molecule has 17 heavy (non-hydrogen) atoms. The summed E-state index contributed by atoms with van der Waals surface area (Å²) in [6.07, 6.45) is 5.51. The summed E-state index contributed by atoms with van der Waals surface area (Å²) in [4.78, 5) is 6.13. The largest absolute Gasteiger partial charge is 0.305 e. The standard InChI is InChI=1S/C14H24N2S/c1-9(2)15-13(12-7-5-6-8-12)14-16-10(3)11(4)17-14/h9,12-13,15H,5-8H2,1-4H3. The molecule has 0 aromatic carbocycles. The highest BCUT2D eigenvalue weighted by Gasteiger charge is 2.29. The molecule has 2 rings (SSSR count). The summed E-state index contributed by atoms with van der Waals surface area (Å²) in [5, 5.41) is 5.03. The molecule has 1 aliphatic carbocycles. The Hall–Kier alpha value is -0.410. The maximum atomic E-state index is 4.76. The molecule has 0 aliphatic heterocycles. The minimum Gasteiger partial charge on any atom is -0.305 e. The monoisotopic (exact) mass is 252 g/mol. The molecule has 1 saturated carbocycles. The van der Waals surface area contributed by atoms with Crippen molar-refractivity contribution in [3.8, 4) is 0 Å². The van der Waals surface area contributed by atoms with E-state index in [4.69, 9.17) is 4.98 Å². The predicted molar refractivity (Wildman–Crippen MR) is 74.6 cm³/mol. The second-order valence-electron chi connectivity index (χ2n) is 5.54. The van der Waals surface area contributed by atoms with Crippen LogP contribution in [0.5, 0.6) is 0 Å². The molecule has 0 saturated heterocycles. The molecule has 1 N–H and O–H groups in total. The maximum absolute atomic E-state index is 4.76. The van der Waals surface area contributed by atoms with Gasteiger partial charge >= 0.3 is 0 Å². The number of aromatic nitrogens is 1. The zero-order valence-corrected chi connectivity index (χ0v) is 12.2. The van der Waals surface area contributed by atoms with Crippen molar-refractivity contribution < 1.29 is 0 Å². The highest BCUT2D eigenvalue weighted by Crippen LogP contribution is 2.37. The van der Waals surface area contributed by atoms with E-state index in [9.17, 15) is 0 Å². The van der Waals surface area contributed by atoms with E-state index in [-0.39, 0.29) is 0 Å². The summed E-state index contributed by atoms with van der Waals surface area (Å²) >= 11 is 1.88. The van der Waals surface area contributed by atoms with Gasteiger partial charge in [-0.05, 0) is 32.6 Å². The van der Waals surface area contributed by atoms with Gasteiger partial charge in [0.15, 0.2) is 0 Å². The van der Waals surface area contributed by atoms with Crippen molar-refractivity contribution in [3.05, 3.63) is 15.6 Å². The van der Waals surface area contributed by atoms with Crippen LogP contribution >= 0.6 is 11.3 Å². The third-order valence-corrected chi connectivity index (χ3v) is 4.85. The first-order valence-corrected chi connectivity index (χ1v) is 7.59. The second-order valence-corrected chi connectivity index (χ2v) is 6.77. The SMILES string of the molecule is Cc1nc(C(NC(C)C)C2CCCC2)sc1C. The molecule has 1 aromatic rings. The van der Waals surface area contributed by atoms with E-state index in [1.807, 2.05) is 11.3 Å². The van der Waals surface area contributed by atoms with Crippen LogP contribution in [0.2, 0.25) is 0 Å². The van der Waals surface area contributed by atoms with Gasteiger partial charge in [0, 0.05) is 10.9 Å². The van der Waals surface area contributed by atoms with E-state index in [0.29, 0.717) is 12.1 Å². The fraction of sp³-hybridized carbons (Fsp3) is 0.786. The van der Waals surface area contributed by atoms with Crippen LogP contribution in [-0.2, 0) is 0 Å². The Bertz CT molecular complexity index is 345. The molecule has 0 radical (unpaired) electrons. The molecule has 3 heteroatoms. The van der Waals surface area contributed by atoms with E-state index < -0.39 is 0 Å². The first kappa shape index (κ1) is 13.0. The van der Waals surface area contributed by atoms with Gasteiger partial charge in [-0.15, -0.1) is 11.3 Å². The first-order valence-electron chi connectivity index (χ1n) is 6.78. The number of hydrogen-bond acceptors (Lipinski definition) is 3. The van der Waals surface area contributed by atoms with Crippen molar-refractivity contribution in [2.24, 2.45) is 5.92 Å². The van der Waals surface area contributed by atoms with E-state index in [2.05, 4.69) is 33.0 Å². The Morgan fingerprint density at radius 3 is 2.35 bits per heavy atom. The number of nitrogens with zero attached hydrogens (tertiary/aromatic N) is 1. The lowest BCUT2D eigenvalue weighted by molar-refractivity contribution is 0.343. The van der Waals surface area contributed by atoms with Crippen LogP contribution in [0.4, 0.5) is 0 Å². The molecule has 2 nitrogen and oxygen atoms in total. The van der Waals surface area contributed by atoms with Crippen LogP contribution in [0.3, 0.4) is 0 Å². The number of hydrogen-bond donors (Lipinski definition) is 1. The van der Waals surface area contributed by atoms with Gasteiger partial charge in [0.05, 0.1) is 11.7 Å². The van der Waals surface area contributed by atoms with E-state index >= 15 is 0 Å². The minimum absolute atomic E-state index is 0.481. The van der Waals surface area contributed by atoms with Crippen molar-refractivity contribution in [1.82, 2.24) is 10.3 Å². The zero-order chi connectivity index (χ0) is 12.4. The third kappa shape index (κ3) is 3.08. The maximum Gasteiger partial charge on any atom is 0.110 e. The number of rotatable bonds is 4. The van der Waals surface area contributed by atoms with Crippen LogP contribution in [0.1, 0.15) is 61.2 Å². The van der Waals surface area contributed by atoms with Gasteiger partial charge in [0.2, 0.25) is 0 Å². The minimum atomic E-state index is 0.481. The van der Waals surface area contributed by atoms with E-state index in [0.717, 1.165) is 5.92 Å². The quantitative estimate of drug-likeness (QED) is 0.876. The Balaban J connectivity index is 2.19. The average Bonchev–Trinajstić information content (AvgIpc) is 2.86. The Morgan fingerprint density at radius 2 is 1.88 bits per heavy atom. The van der Waals surface area contributed by atoms with Gasteiger partial charge < -0.3 is 5.32 Å². The van der Waals surface area contributed by atoms with Crippen LogP contribution in [0.15, 0.2) is 0 Å². The van der Waals surface area contributed by atoms with E-state index in [1.54, 1.807) is 0 Å². The Labute approximate surface area is 109 Å². The first-order chi connectivity index (χ1) is 8.08. The molecule has 0 bridgehead atoms. The lowest BCUT2D eigenvalue weighted by atomic mass is 9.98. The summed E-state index contributed by atoms with van der Waals surface area (Å²) in [7, 11) is 0. The molecular formula is C14H24N2S. The number of aryl methyl sites for hydroxylation is 2. The summed E-state index contributed by atoms with van der Waals surface area (Å²) in [6.45, 7) is 8.76. The molecule has 1 atom stereocenters. The average molecular weight is 252 g/mol. The van der Waals surface area contributed by atoms with Crippen LogP contribution < -0.4 is 5.32 Å². The molecule has 96 valence electrons. The predicted octanol–water partition coefficient (Wildman–Crippen LogP) is 3.99. The summed E-state index contributed by atoms with van der Waals surface area (Å²) in [6, 6.07) is 1.01. The van der Waals surface area contributed by atoms with Crippen LogP contribution in [-0.4, -0.2) is 11.0 Å². The smallest absolute Gasteiger partial charge is 0.110 e. The lowest BCUT2D eigenvalue weighted by Crippen LogP contribution is -2.32. The number of thiazole rings is 1. The molecule has 0 spiro atoms. The normalized spacial score (nSPS) is 19.1. The van der Waals surface area contributed by atoms with Crippen molar-refractivity contribution in [1.29, 1.82) is 0 Å². The lowest BCUT2D eigenvalue weighted by Gasteiger charge is -2.25. The second kappa shape index (κ2) is 5.49. The molecule has 1 unspecified atom stereocenters. The zero-order valence-electron chi connectivity index (χ0n) is 11.4. The van der Waals surface area contributed by atoms with Gasteiger partial charge in [0.25, 0.3) is 0 Å². The molecule has 1 heterocycles. The van der Waals surface area contributed by atoms with Crippen LogP contribution in [0, 0.1) is 19.8 Å². The van der Waals surface area contributed by atoms with Crippen molar-refractivity contribution >= 4 is 11.3 Å². The Morgan fingerprint density at radius 1 is 1.24 bits per heavy atom. The van der Waals surface area contributed by atoms with Gasteiger partial charge in [0.1, 0.15) is 5.01 Å². The third-order valence-electron chi connectivity index (χ3n) is 3.70. The molecule has 1 aliphatic rings. The van der Waals surface area contributed by atoms with Crippen molar-refractivity contribution in [2.75, 3.05) is 0 Å². The fourth-order valence-electron chi connectivity index (χ4n) is 2.69. The van der Waals surface area contributed by atoms with Gasteiger partial charge in [-0.2, -0.15) is 0 Å². The fourth-order valence-corrected chi connectivity index (χ4v) is 3.77. The number of nitrogens with one attached hydrogen (secondary N) is 1. The molecule has 1 aromatic heterocycles. The summed E-state index contributed by atoms with van der Waals surface area (Å²) in [5.74, 6) is 0.794. The summed E-state index contributed by atoms with van der Waals surface area (Å²) < 4.78 is 0. The summed E-state index contributed by atoms with van der Waals surface area (Å²) in [5.41, 5.74) is 1.21. The van der Waals surface area contributed by atoms with Crippen molar-refractivity contribution in [3.63, 3.8) is 0 Å². The molecule has 1 fully saturated rings. The highest BCUT2D eigenvalue weighted by atomic mass is 32.1. The van der Waals surface area contributed by atoms with Gasteiger partial charge in [-0.3, -0.25) is 0 Å². The highest BCUT2D eigenvalue weighted by molar-refractivity contribution is 7.11. The van der Waals surface area contributed by atoms with Gasteiger partial charge in [-0.1, -0.05) is 26.7 Å². The molecular weight excluding hydrogens is 228 g/mol. The van der Waals surface area contributed by atoms with Gasteiger partial charge in [-0.25, -0.2) is 4.98 Å². The van der Waals surface area contributed by atoms with Crippen LogP contribution in [0.25, 0.3) is 0 Å². The van der Waals surface area contributed by atoms with Crippen molar-refractivity contribution in [2.45, 2.75) is 65.5 Å². The molecule has 0 amide bonds. The topological polar surface area (TPSA) is 24.9 Å². The van der Waals surface area contributed by atoms with E-state index in [1.165, 1.54) is 41.3 Å². The Kier molecular flexibility index (Phi) is 4.21.